The molecule has 5 nitrogen and oxygen atoms in total. The Kier molecular flexibility index (Phi) is 3.81. The topological polar surface area (TPSA) is 67.3 Å². The maximum Gasteiger partial charge on any atom is 0.0826 e. The highest BCUT2D eigenvalue weighted by atomic mass is 16.3. The number of hydrogen-bond acceptors (Lipinski definition) is 4. The van der Waals surface area contributed by atoms with Crippen molar-refractivity contribution in [2.24, 2.45) is 5.73 Å². The summed E-state index contributed by atoms with van der Waals surface area (Å²) >= 11 is 0. The number of aromatic nitrogens is 2. The maximum atomic E-state index is 10.0. The Balaban J connectivity index is 2.27. The molecule has 1 unspecified atom stereocenters. The first-order chi connectivity index (χ1) is 8.13. The highest BCUT2D eigenvalue weighted by molar-refractivity contribution is 5.31. The van der Waals surface area contributed by atoms with Crippen LogP contribution in [0.2, 0.25) is 0 Å². The molecule has 0 saturated heterocycles. The zero-order valence-electron chi connectivity index (χ0n) is 10.7. The molecule has 2 rings (SSSR count). The molecule has 1 aliphatic carbocycles. The van der Waals surface area contributed by atoms with Crippen LogP contribution in [0, 0.1) is 0 Å². The Bertz CT molecular complexity index is 386. The van der Waals surface area contributed by atoms with Crippen molar-refractivity contribution in [2.75, 3.05) is 20.6 Å². The summed E-state index contributed by atoms with van der Waals surface area (Å²) < 4.78 is 2.03. The smallest absolute Gasteiger partial charge is 0.0826 e. The largest absolute Gasteiger partial charge is 0.388 e. The Labute approximate surface area is 102 Å². The number of aliphatic hydroxyl groups excluding tert-OH is 1. The van der Waals surface area contributed by atoms with E-state index in [0.29, 0.717) is 6.54 Å². The fourth-order valence-electron chi connectivity index (χ4n) is 2.45. The third kappa shape index (κ3) is 2.51. The van der Waals surface area contributed by atoms with Gasteiger partial charge in [-0.2, -0.15) is 5.10 Å². The minimum Gasteiger partial charge on any atom is -0.388 e. The van der Waals surface area contributed by atoms with Gasteiger partial charge in [-0.25, -0.2) is 0 Å². The molecule has 3 N–H and O–H groups in total. The summed E-state index contributed by atoms with van der Waals surface area (Å²) in [5.41, 5.74) is 8.76. The molecule has 0 radical (unpaired) electrons. The maximum absolute atomic E-state index is 10.0. The van der Waals surface area contributed by atoms with E-state index in [2.05, 4.69) is 24.1 Å². The Morgan fingerprint density at radius 2 is 2.29 bits per heavy atom. The zero-order chi connectivity index (χ0) is 12.4. The van der Waals surface area contributed by atoms with E-state index >= 15 is 0 Å². The SMILES string of the molecule is CN(C)CCn1nc(CN)c2c1CCCC2O. The molecule has 17 heavy (non-hydrogen) atoms. The van der Waals surface area contributed by atoms with Gasteiger partial charge in [0.1, 0.15) is 0 Å². The van der Waals surface area contributed by atoms with Gasteiger partial charge in [0.25, 0.3) is 0 Å². The molecule has 0 spiro atoms. The molecule has 1 aromatic heterocycles. The molecule has 0 fully saturated rings. The van der Waals surface area contributed by atoms with Gasteiger partial charge in [-0.3, -0.25) is 4.68 Å². The lowest BCUT2D eigenvalue weighted by molar-refractivity contribution is 0.154. The summed E-state index contributed by atoms with van der Waals surface area (Å²) in [5.74, 6) is 0. The van der Waals surface area contributed by atoms with Gasteiger partial charge in [-0.05, 0) is 33.4 Å². The second kappa shape index (κ2) is 5.16. The minimum atomic E-state index is -0.370. The van der Waals surface area contributed by atoms with Crippen LogP contribution in [0.25, 0.3) is 0 Å². The molecule has 0 aromatic carbocycles. The summed E-state index contributed by atoms with van der Waals surface area (Å²) in [7, 11) is 4.10. The summed E-state index contributed by atoms with van der Waals surface area (Å²) in [6.45, 7) is 2.23. The van der Waals surface area contributed by atoms with E-state index in [-0.39, 0.29) is 6.10 Å². The predicted octanol–water partition coefficient (Wildman–Crippen LogP) is 0.273. The summed E-state index contributed by atoms with van der Waals surface area (Å²) in [6.07, 6.45) is 2.50. The first-order valence-corrected chi connectivity index (χ1v) is 6.24. The highest BCUT2D eigenvalue weighted by Gasteiger charge is 2.26. The van der Waals surface area contributed by atoms with Crippen LogP contribution in [-0.4, -0.2) is 40.4 Å². The minimum absolute atomic E-state index is 0.370. The fourth-order valence-corrected chi connectivity index (χ4v) is 2.45. The average molecular weight is 238 g/mol. The number of aliphatic hydroxyl groups is 1. The van der Waals surface area contributed by atoms with Gasteiger partial charge >= 0.3 is 0 Å². The van der Waals surface area contributed by atoms with E-state index in [4.69, 9.17) is 5.73 Å². The fraction of sp³-hybridized carbons (Fsp3) is 0.750. The summed E-state index contributed by atoms with van der Waals surface area (Å²) in [5, 5.41) is 14.6. The van der Waals surface area contributed by atoms with E-state index < -0.39 is 0 Å². The number of hydrogen-bond donors (Lipinski definition) is 2. The Hall–Kier alpha value is -0.910. The molecule has 0 saturated carbocycles. The molecule has 1 aliphatic rings. The van der Waals surface area contributed by atoms with Gasteiger partial charge in [-0.15, -0.1) is 0 Å². The Morgan fingerprint density at radius 3 is 2.94 bits per heavy atom. The molecule has 1 atom stereocenters. The molecular weight excluding hydrogens is 216 g/mol. The molecule has 5 heteroatoms. The van der Waals surface area contributed by atoms with Crippen LogP contribution >= 0.6 is 0 Å². The molecule has 1 aromatic rings. The number of fused-ring (bicyclic) bond motifs is 1. The van der Waals surface area contributed by atoms with Crippen molar-refractivity contribution in [2.45, 2.75) is 38.5 Å². The number of nitrogens with zero attached hydrogens (tertiary/aromatic N) is 3. The van der Waals surface area contributed by atoms with Crippen LogP contribution in [-0.2, 0) is 19.5 Å². The summed E-state index contributed by atoms with van der Waals surface area (Å²) in [4.78, 5) is 2.13. The Morgan fingerprint density at radius 1 is 1.53 bits per heavy atom. The van der Waals surface area contributed by atoms with Crippen molar-refractivity contribution in [3.63, 3.8) is 0 Å². The van der Waals surface area contributed by atoms with Crippen molar-refractivity contribution in [3.8, 4) is 0 Å². The first-order valence-electron chi connectivity index (χ1n) is 6.24. The molecule has 96 valence electrons. The van der Waals surface area contributed by atoms with Crippen LogP contribution in [0.3, 0.4) is 0 Å². The van der Waals surface area contributed by atoms with Gasteiger partial charge in [0.05, 0.1) is 18.3 Å². The van der Waals surface area contributed by atoms with Gasteiger partial charge in [0.2, 0.25) is 0 Å². The van der Waals surface area contributed by atoms with Gasteiger partial charge < -0.3 is 15.7 Å². The number of nitrogens with two attached hydrogens (primary N) is 1. The van der Waals surface area contributed by atoms with Crippen molar-refractivity contribution in [3.05, 3.63) is 17.0 Å². The van der Waals surface area contributed by atoms with E-state index in [9.17, 15) is 5.11 Å². The quantitative estimate of drug-likeness (QED) is 0.790. The van der Waals surface area contributed by atoms with E-state index in [1.54, 1.807) is 0 Å². The lowest BCUT2D eigenvalue weighted by Crippen LogP contribution is -2.21. The second-order valence-electron chi connectivity index (χ2n) is 4.95. The van der Waals surface area contributed by atoms with Crippen molar-refractivity contribution in [1.82, 2.24) is 14.7 Å². The monoisotopic (exact) mass is 238 g/mol. The van der Waals surface area contributed by atoms with E-state index in [0.717, 1.165) is 43.6 Å². The number of rotatable bonds is 4. The normalized spacial score (nSPS) is 19.7. The van der Waals surface area contributed by atoms with Gasteiger partial charge in [-0.1, -0.05) is 0 Å². The summed E-state index contributed by atoms with van der Waals surface area (Å²) in [6, 6.07) is 0. The lowest BCUT2D eigenvalue weighted by atomic mass is 9.93. The van der Waals surface area contributed by atoms with Crippen molar-refractivity contribution < 1.29 is 5.11 Å². The van der Waals surface area contributed by atoms with E-state index in [1.807, 2.05) is 4.68 Å². The molecular formula is C12H22N4O. The molecule has 0 bridgehead atoms. The van der Waals surface area contributed by atoms with Gasteiger partial charge in [0, 0.05) is 24.3 Å². The van der Waals surface area contributed by atoms with Crippen LogP contribution < -0.4 is 5.73 Å². The average Bonchev–Trinajstić information content (AvgIpc) is 2.66. The van der Waals surface area contributed by atoms with Crippen LogP contribution in [0.5, 0.6) is 0 Å². The predicted molar refractivity (Wildman–Crippen MR) is 66.6 cm³/mol. The van der Waals surface area contributed by atoms with Crippen molar-refractivity contribution >= 4 is 0 Å². The molecule has 1 heterocycles. The lowest BCUT2D eigenvalue weighted by Gasteiger charge is -2.20. The van der Waals surface area contributed by atoms with E-state index in [1.165, 1.54) is 5.69 Å². The first kappa shape index (κ1) is 12.5. The molecule has 0 aliphatic heterocycles. The zero-order valence-corrected chi connectivity index (χ0v) is 10.7. The molecule has 0 amide bonds. The second-order valence-corrected chi connectivity index (χ2v) is 4.95. The third-order valence-corrected chi connectivity index (χ3v) is 3.35. The van der Waals surface area contributed by atoms with Crippen molar-refractivity contribution in [1.29, 1.82) is 0 Å². The highest BCUT2D eigenvalue weighted by Crippen LogP contribution is 2.32. The standard InChI is InChI=1S/C12H22N4O/c1-15(2)6-7-16-10-4-3-5-11(17)12(10)9(8-13)14-16/h11,17H,3-8,13H2,1-2H3. The van der Waals surface area contributed by atoms with Crippen LogP contribution in [0.4, 0.5) is 0 Å². The van der Waals surface area contributed by atoms with Crippen LogP contribution in [0.15, 0.2) is 0 Å². The van der Waals surface area contributed by atoms with Crippen LogP contribution in [0.1, 0.15) is 35.9 Å². The third-order valence-electron chi connectivity index (χ3n) is 3.35. The number of likely N-dealkylation sites (N-methyl/N-ethyl adjacent to an activating group) is 1. The van der Waals surface area contributed by atoms with Gasteiger partial charge in [0.15, 0.2) is 0 Å².